The third-order valence-corrected chi connectivity index (χ3v) is 4.76. The third kappa shape index (κ3) is 3.89. The van der Waals surface area contributed by atoms with Crippen molar-refractivity contribution in [2.45, 2.75) is 6.18 Å². The Morgan fingerprint density at radius 3 is 2.23 bits per heavy atom. The minimum atomic E-state index is -4.45. The lowest BCUT2D eigenvalue weighted by molar-refractivity contribution is -0.138. The zero-order valence-electron chi connectivity index (χ0n) is 13.5. The monoisotopic (exact) mass is 426 g/mol. The van der Waals surface area contributed by atoms with Gasteiger partial charge in [-0.05, 0) is 6.07 Å². The number of hydrogen-bond acceptors (Lipinski definition) is 5. The molecule has 0 saturated carbocycles. The summed E-state index contributed by atoms with van der Waals surface area (Å²) in [6.45, 7) is 1.99. The standard InChI is InChI=1S/C17H14BrF3N4O/c18-14-4-2-1-3-13(14)15(11-26)24-5-7-25(8-6-24)16-22-9-12(10-23-16)17(19,20)21/h1-4,9-10H,5-8H2. The number of piperazine rings is 1. The summed E-state index contributed by atoms with van der Waals surface area (Å²) < 4.78 is 38.6. The van der Waals surface area contributed by atoms with Crippen molar-refractivity contribution in [3.05, 3.63) is 52.3 Å². The Hall–Kier alpha value is -2.38. The van der Waals surface area contributed by atoms with Crippen LogP contribution in [0.4, 0.5) is 19.1 Å². The maximum Gasteiger partial charge on any atom is 0.419 e. The molecular weight excluding hydrogens is 413 g/mol. The van der Waals surface area contributed by atoms with Crippen molar-refractivity contribution in [2.24, 2.45) is 0 Å². The Kier molecular flexibility index (Phi) is 5.29. The summed E-state index contributed by atoms with van der Waals surface area (Å²) in [4.78, 5) is 22.8. The molecule has 1 aliphatic rings. The van der Waals surface area contributed by atoms with Crippen molar-refractivity contribution in [1.82, 2.24) is 14.9 Å². The molecule has 5 nitrogen and oxygen atoms in total. The molecule has 2 aromatic rings. The van der Waals surface area contributed by atoms with Crippen molar-refractivity contribution in [2.75, 3.05) is 31.1 Å². The van der Waals surface area contributed by atoms with Gasteiger partial charge in [0.05, 0.1) is 5.56 Å². The fourth-order valence-electron chi connectivity index (χ4n) is 2.70. The van der Waals surface area contributed by atoms with Gasteiger partial charge in [0.15, 0.2) is 5.94 Å². The van der Waals surface area contributed by atoms with E-state index in [1.165, 1.54) is 0 Å². The number of carbonyl (C=O) groups excluding carboxylic acids is 1. The van der Waals surface area contributed by atoms with E-state index >= 15 is 0 Å². The molecule has 1 fully saturated rings. The minimum absolute atomic E-state index is 0.246. The van der Waals surface area contributed by atoms with Crippen LogP contribution in [0.25, 0.3) is 5.70 Å². The molecule has 26 heavy (non-hydrogen) atoms. The van der Waals surface area contributed by atoms with Crippen molar-refractivity contribution < 1.29 is 18.0 Å². The van der Waals surface area contributed by atoms with Crippen LogP contribution < -0.4 is 4.90 Å². The van der Waals surface area contributed by atoms with Gasteiger partial charge in [-0.1, -0.05) is 34.1 Å². The van der Waals surface area contributed by atoms with Crippen molar-refractivity contribution >= 4 is 33.5 Å². The topological polar surface area (TPSA) is 49.3 Å². The number of alkyl halides is 3. The van der Waals surface area contributed by atoms with Crippen LogP contribution in [0.15, 0.2) is 41.1 Å². The summed E-state index contributed by atoms with van der Waals surface area (Å²) in [5.41, 5.74) is 0.326. The van der Waals surface area contributed by atoms with E-state index in [0.29, 0.717) is 31.9 Å². The van der Waals surface area contributed by atoms with Crippen molar-refractivity contribution in [1.29, 1.82) is 0 Å². The molecule has 0 spiro atoms. The first-order valence-electron chi connectivity index (χ1n) is 7.79. The molecule has 0 atom stereocenters. The zero-order valence-corrected chi connectivity index (χ0v) is 15.1. The van der Waals surface area contributed by atoms with Crippen LogP contribution in [0.2, 0.25) is 0 Å². The predicted octanol–water partition coefficient (Wildman–Crippen LogP) is 3.25. The van der Waals surface area contributed by atoms with E-state index < -0.39 is 11.7 Å². The van der Waals surface area contributed by atoms with E-state index in [9.17, 15) is 18.0 Å². The van der Waals surface area contributed by atoms with Gasteiger partial charge in [0.2, 0.25) is 5.95 Å². The maximum absolute atomic E-state index is 12.6. The number of aromatic nitrogens is 2. The van der Waals surface area contributed by atoms with Gasteiger partial charge in [0.25, 0.3) is 0 Å². The fourth-order valence-corrected chi connectivity index (χ4v) is 3.18. The van der Waals surface area contributed by atoms with Crippen molar-refractivity contribution in [3.8, 4) is 0 Å². The van der Waals surface area contributed by atoms with E-state index in [2.05, 4.69) is 25.9 Å². The average molecular weight is 427 g/mol. The molecule has 0 unspecified atom stereocenters. The van der Waals surface area contributed by atoms with Gasteiger partial charge in [-0.15, -0.1) is 0 Å². The van der Waals surface area contributed by atoms with Gasteiger partial charge in [0.1, 0.15) is 5.70 Å². The van der Waals surface area contributed by atoms with Gasteiger partial charge < -0.3 is 9.80 Å². The molecular formula is C17H14BrF3N4O. The quantitative estimate of drug-likeness (QED) is 0.705. The molecule has 1 aliphatic heterocycles. The number of rotatable bonds is 3. The molecule has 2 heterocycles. The highest BCUT2D eigenvalue weighted by molar-refractivity contribution is 9.10. The number of nitrogens with zero attached hydrogens (tertiary/aromatic N) is 4. The predicted molar refractivity (Wildman–Crippen MR) is 94.1 cm³/mol. The molecule has 1 aromatic heterocycles. The summed E-state index contributed by atoms with van der Waals surface area (Å²) in [5.74, 6) is 2.24. The fraction of sp³-hybridized carbons (Fsp3) is 0.294. The molecule has 3 rings (SSSR count). The van der Waals surface area contributed by atoms with E-state index in [4.69, 9.17) is 0 Å². The first kappa shape index (κ1) is 18.4. The normalized spacial score (nSPS) is 14.9. The van der Waals surface area contributed by atoms with Gasteiger partial charge in [0, 0.05) is 48.6 Å². The Bertz CT molecular complexity index is 827. The molecule has 0 N–H and O–H groups in total. The van der Waals surface area contributed by atoms with Gasteiger partial charge >= 0.3 is 6.18 Å². The second-order valence-electron chi connectivity index (χ2n) is 5.67. The molecule has 1 aromatic carbocycles. The lowest BCUT2D eigenvalue weighted by Gasteiger charge is -2.36. The molecule has 0 amide bonds. The van der Waals surface area contributed by atoms with E-state index in [-0.39, 0.29) is 5.95 Å². The largest absolute Gasteiger partial charge is 0.419 e. The van der Waals surface area contributed by atoms with Gasteiger partial charge in [-0.25, -0.2) is 14.8 Å². The molecule has 0 bridgehead atoms. The summed E-state index contributed by atoms with van der Waals surface area (Å²) in [6, 6.07) is 7.37. The number of benzene rings is 1. The number of halogens is 4. The van der Waals surface area contributed by atoms with Crippen LogP contribution >= 0.6 is 15.9 Å². The minimum Gasteiger partial charge on any atom is -0.359 e. The van der Waals surface area contributed by atoms with Crippen LogP contribution in [0.5, 0.6) is 0 Å². The van der Waals surface area contributed by atoms with Gasteiger partial charge in [-0.3, -0.25) is 0 Å². The van der Waals surface area contributed by atoms with Crippen molar-refractivity contribution in [3.63, 3.8) is 0 Å². The first-order valence-corrected chi connectivity index (χ1v) is 8.58. The Morgan fingerprint density at radius 1 is 1.08 bits per heavy atom. The molecule has 136 valence electrons. The lowest BCUT2D eigenvalue weighted by Crippen LogP contribution is -2.46. The molecule has 0 radical (unpaired) electrons. The highest BCUT2D eigenvalue weighted by Gasteiger charge is 2.32. The van der Waals surface area contributed by atoms with E-state index in [0.717, 1.165) is 22.4 Å². The lowest BCUT2D eigenvalue weighted by atomic mass is 10.1. The number of hydrogen-bond donors (Lipinski definition) is 0. The summed E-state index contributed by atoms with van der Waals surface area (Å²) in [6.07, 6.45) is -2.89. The Morgan fingerprint density at radius 2 is 1.69 bits per heavy atom. The van der Waals surface area contributed by atoms with E-state index in [1.54, 1.807) is 4.90 Å². The SMILES string of the molecule is O=C=C(c1ccccc1Br)N1CCN(c2ncc(C(F)(F)F)cn2)CC1. The Balaban J connectivity index is 1.69. The summed E-state index contributed by atoms with van der Waals surface area (Å²) >= 11 is 3.43. The highest BCUT2D eigenvalue weighted by atomic mass is 79.9. The molecule has 0 aliphatic carbocycles. The molecule has 9 heteroatoms. The van der Waals surface area contributed by atoms with Crippen LogP contribution in [-0.4, -0.2) is 47.0 Å². The Labute approximate surface area is 156 Å². The highest BCUT2D eigenvalue weighted by Crippen LogP contribution is 2.29. The number of anilines is 1. The van der Waals surface area contributed by atoms with Crippen LogP contribution in [0.3, 0.4) is 0 Å². The first-order chi connectivity index (χ1) is 12.4. The zero-order chi connectivity index (χ0) is 18.7. The van der Waals surface area contributed by atoms with Crippen LogP contribution in [-0.2, 0) is 11.0 Å². The van der Waals surface area contributed by atoms with E-state index in [1.807, 2.05) is 35.1 Å². The maximum atomic E-state index is 12.6. The molecule has 1 saturated heterocycles. The second-order valence-corrected chi connectivity index (χ2v) is 6.53. The smallest absolute Gasteiger partial charge is 0.359 e. The van der Waals surface area contributed by atoms with Gasteiger partial charge in [-0.2, -0.15) is 13.2 Å². The summed E-state index contributed by atoms with van der Waals surface area (Å²) in [5, 5.41) is 0. The summed E-state index contributed by atoms with van der Waals surface area (Å²) in [7, 11) is 0. The van der Waals surface area contributed by atoms with Crippen LogP contribution in [0.1, 0.15) is 11.1 Å². The average Bonchev–Trinajstić information content (AvgIpc) is 2.64. The third-order valence-electron chi connectivity index (χ3n) is 4.07. The second kappa shape index (κ2) is 7.47. The van der Waals surface area contributed by atoms with Crippen LogP contribution in [0, 0.1) is 0 Å².